The quantitative estimate of drug-likeness (QED) is 0.110. The fourth-order valence-corrected chi connectivity index (χ4v) is 4.85. The molecule has 0 atom stereocenters. The number of nitrogen functional groups attached to an aromatic ring is 6. The summed E-state index contributed by atoms with van der Waals surface area (Å²) in [5, 5.41) is 2.05. The van der Waals surface area contributed by atoms with E-state index >= 15 is 0 Å². The normalized spacial score (nSPS) is 10.3. The Balaban J connectivity index is 0.000000160. The van der Waals surface area contributed by atoms with Crippen LogP contribution in [0.3, 0.4) is 0 Å². The molecule has 0 saturated heterocycles. The largest absolute Gasteiger partial charge is 0.495 e. The van der Waals surface area contributed by atoms with Crippen LogP contribution in [0.4, 0.5) is 34.1 Å². The van der Waals surface area contributed by atoms with E-state index in [2.05, 4.69) is 12.1 Å². The summed E-state index contributed by atoms with van der Waals surface area (Å²) in [6, 6.07) is 34.9. The molecule has 0 bridgehead atoms. The van der Waals surface area contributed by atoms with Gasteiger partial charge in [0.05, 0.1) is 25.6 Å². The summed E-state index contributed by atoms with van der Waals surface area (Å²) in [4.78, 5) is 0. The van der Waals surface area contributed by atoms with Gasteiger partial charge in [-0.2, -0.15) is 0 Å². The highest BCUT2D eigenvalue weighted by Gasteiger charge is 2.07. The third-order valence-electron chi connectivity index (χ3n) is 7.66. The Kier molecular flexibility index (Phi) is 10.5. The SMILES string of the molecule is COc1cc(-c2ccc(N)c(OC)c2)ccc1N.Cc1cc(-c2ccc(N)c(C)c2)ccc1N.Nc1cccc2c(N)cccc12. The van der Waals surface area contributed by atoms with Gasteiger partial charge in [-0.05, 0) is 108 Å². The van der Waals surface area contributed by atoms with Gasteiger partial charge in [0.15, 0.2) is 0 Å². The Morgan fingerprint density at radius 2 is 0.696 bits per heavy atom. The average Bonchev–Trinajstić information content (AvgIpc) is 3.05. The smallest absolute Gasteiger partial charge is 0.142 e. The molecule has 0 saturated carbocycles. The highest BCUT2D eigenvalue weighted by Crippen LogP contribution is 2.33. The third kappa shape index (κ3) is 7.73. The molecule has 0 heterocycles. The minimum absolute atomic E-state index is 0.615. The summed E-state index contributed by atoms with van der Waals surface area (Å²) in [5.41, 5.74) is 45.7. The van der Waals surface area contributed by atoms with Gasteiger partial charge in [-0.15, -0.1) is 0 Å². The number of hydrogen-bond donors (Lipinski definition) is 6. The molecule has 46 heavy (non-hydrogen) atoms. The fraction of sp³-hybridized carbons (Fsp3) is 0.105. The second-order valence-electron chi connectivity index (χ2n) is 10.8. The van der Waals surface area contributed by atoms with E-state index in [4.69, 9.17) is 43.9 Å². The lowest BCUT2D eigenvalue weighted by Crippen LogP contribution is -1.94. The van der Waals surface area contributed by atoms with E-state index in [1.165, 1.54) is 11.1 Å². The highest BCUT2D eigenvalue weighted by atomic mass is 16.5. The monoisotopic (exact) mass is 614 g/mol. The van der Waals surface area contributed by atoms with E-state index in [0.29, 0.717) is 22.9 Å². The fourth-order valence-electron chi connectivity index (χ4n) is 4.85. The molecule has 236 valence electrons. The molecule has 8 nitrogen and oxygen atoms in total. The van der Waals surface area contributed by atoms with Gasteiger partial charge < -0.3 is 43.9 Å². The van der Waals surface area contributed by atoms with E-state index in [0.717, 1.165) is 55.8 Å². The molecular formula is C38H42N6O2. The number of rotatable bonds is 4. The second-order valence-corrected chi connectivity index (χ2v) is 10.8. The van der Waals surface area contributed by atoms with Crippen molar-refractivity contribution in [3.05, 3.63) is 120 Å². The van der Waals surface area contributed by atoms with E-state index in [9.17, 15) is 0 Å². The molecule has 6 rings (SSSR count). The maximum Gasteiger partial charge on any atom is 0.142 e. The molecule has 6 aromatic rings. The van der Waals surface area contributed by atoms with Crippen LogP contribution in [-0.2, 0) is 0 Å². The summed E-state index contributed by atoms with van der Waals surface area (Å²) in [6.45, 7) is 4.03. The molecule has 0 aliphatic heterocycles. The molecule has 0 aliphatic carbocycles. The molecule has 0 aliphatic rings. The van der Waals surface area contributed by atoms with Crippen LogP contribution in [0.15, 0.2) is 109 Å². The van der Waals surface area contributed by atoms with Gasteiger partial charge in [0, 0.05) is 33.5 Å². The van der Waals surface area contributed by atoms with E-state index in [1.54, 1.807) is 14.2 Å². The maximum atomic E-state index is 5.80. The molecular weight excluding hydrogens is 572 g/mol. The van der Waals surface area contributed by atoms with E-state index in [-0.39, 0.29) is 0 Å². The van der Waals surface area contributed by atoms with Crippen LogP contribution in [0.2, 0.25) is 0 Å². The lowest BCUT2D eigenvalue weighted by Gasteiger charge is -2.10. The number of benzene rings is 6. The van der Waals surface area contributed by atoms with Crippen LogP contribution in [-0.4, -0.2) is 14.2 Å². The highest BCUT2D eigenvalue weighted by molar-refractivity contribution is 5.99. The molecule has 0 spiro atoms. The molecule has 8 heteroatoms. The van der Waals surface area contributed by atoms with Crippen molar-refractivity contribution in [3.63, 3.8) is 0 Å². The van der Waals surface area contributed by atoms with Gasteiger partial charge in [-0.1, -0.05) is 48.5 Å². The first-order chi connectivity index (χ1) is 22.0. The van der Waals surface area contributed by atoms with Gasteiger partial charge in [0.2, 0.25) is 0 Å². The summed E-state index contributed by atoms with van der Waals surface area (Å²) in [6.07, 6.45) is 0. The molecule has 0 fully saturated rings. The van der Waals surface area contributed by atoms with Gasteiger partial charge >= 0.3 is 0 Å². The van der Waals surface area contributed by atoms with Crippen molar-refractivity contribution in [2.45, 2.75) is 13.8 Å². The lowest BCUT2D eigenvalue weighted by molar-refractivity contribution is 0.416. The van der Waals surface area contributed by atoms with Gasteiger partial charge in [0.1, 0.15) is 11.5 Å². The van der Waals surface area contributed by atoms with Crippen LogP contribution in [0, 0.1) is 13.8 Å². The first kappa shape index (κ1) is 32.9. The van der Waals surface area contributed by atoms with Crippen LogP contribution >= 0.6 is 0 Å². The molecule has 12 N–H and O–H groups in total. The Labute approximate surface area is 270 Å². The standard InChI is InChI=1S/C14H16N2O2.C14H16N2.C10H10N2/c1-17-13-7-9(3-5-11(13)15)10-4-6-12(16)14(8-10)18-2;1-9-7-11(3-5-13(9)15)12-4-6-14(16)10(2)8-12;11-9-5-1-3-7-8(9)4-2-6-10(7)12/h3-8H,15-16H2,1-2H3;3-8H,15-16H2,1-2H3;1-6H,11-12H2. The van der Waals surface area contributed by atoms with Crippen molar-refractivity contribution in [2.24, 2.45) is 0 Å². The molecule has 0 aromatic heterocycles. The van der Waals surface area contributed by atoms with E-state index < -0.39 is 0 Å². The van der Waals surface area contributed by atoms with Crippen molar-refractivity contribution in [3.8, 4) is 33.8 Å². The number of ether oxygens (including phenoxy) is 2. The van der Waals surface area contributed by atoms with Crippen LogP contribution in [0.25, 0.3) is 33.0 Å². The zero-order chi connectivity index (χ0) is 33.4. The summed E-state index contributed by atoms with van der Waals surface area (Å²) < 4.78 is 10.4. The van der Waals surface area contributed by atoms with E-state index in [1.807, 2.05) is 111 Å². The summed E-state index contributed by atoms with van der Waals surface area (Å²) in [5.74, 6) is 1.31. The van der Waals surface area contributed by atoms with Crippen molar-refractivity contribution in [1.82, 2.24) is 0 Å². The number of nitrogens with two attached hydrogens (primary N) is 6. The Hall–Kier alpha value is -6.02. The number of aryl methyl sites for hydroxylation is 2. The van der Waals surface area contributed by atoms with Crippen molar-refractivity contribution >= 4 is 44.9 Å². The molecule has 0 amide bonds. The third-order valence-corrected chi connectivity index (χ3v) is 7.66. The van der Waals surface area contributed by atoms with Crippen molar-refractivity contribution in [2.75, 3.05) is 48.6 Å². The van der Waals surface area contributed by atoms with Gasteiger partial charge in [-0.3, -0.25) is 0 Å². The first-order valence-electron chi connectivity index (χ1n) is 14.6. The Morgan fingerprint density at radius 1 is 0.370 bits per heavy atom. The molecule has 0 radical (unpaired) electrons. The predicted octanol–water partition coefficient (Wildman–Crippen LogP) is 7.67. The maximum absolute atomic E-state index is 5.80. The zero-order valence-electron chi connectivity index (χ0n) is 26.7. The van der Waals surface area contributed by atoms with Crippen LogP contribution < -0.4 is 43.9 Å². The number of fused-ring (bicyclic) bond motifs is 1. The minimum Gasteiger partial charge on any atom is -0.495 e. The predicted molar refractivity (Wildman–Crippen MR) is 197 cm³/mol. The van der Waals surface area contributed by atoms with Crippen molar-refractivity contribution < 1.29 is 9.47 Å². The second kappa shape index (κ2) is 14.6. The zero-order valence-corrected chi connectivity index (χ0v) is 26.7. The summed E-state index contributed by atoms with van der Waals surface area (Å²) in [7, 11) is 3.19. The Bertz CT molecular complexity index is 1830. The van der Waals surface area contributed by atoms with Crippen molar-refractivity contribution in [1.29, 1.82) is 0 Å². The topological polar surface area (TPSA) is 175 Å². The first-order valence-corrected chi connectivity index (χ1v) is 14.6. The minimum atomic E-state index is 0.615. The average molecular weight is 615 g/mol. The van der Waals surface area contributed by atoms with Crippen LogP contribution in [0.5, 0.6) is 11.5 Å². The molecule has 6 aromatic carbocycles. The van der Waals surface area contributed by atoms with Gasteiger partial charge in [0.25, 0.3) is 0 Å². The molecule has 0 unspecified atom stereocenters. The number of anilines is 6. The Morgan fingerprint density at radius 3 is 1.02 bits per heavy atom. The number of hydrogen-bond acceptors (Lipinski definition) is 8. The van der Waals surface area contributed by atoms with Gasteiger partial charge in [-0.25, -0.2) is 0 Å². The number of methoxy groups -OCH3 is 2. The van der Waals surface area contributed by atoms with Crippen LogP contribution in [0.1, 0.15) is 11.1 Å². The summed E-state index contributed by atoms with van der Waals surface area (Å²) >= 11 is 0. The lowest BCUT2D eigenvalue weighted by atomic mass is 10.0.